The van der Waals surface area contributed by atoms with E-state index in [2.05, 4.69) is 15.3 Å². The highest BCUT2D eigenvalue weighted by Gasteiger charge is 2.18. The summed E-state index contributed by atoms with van der Waals surface area (Å²) in [4.78, 5) is 31.8. The third-order valence-corrected chi connectivity index (χ3v) is 3.43. The number of nitrogens with zero attached hydrogens (tertiary/aromatic N) is 2. The number of aromatic carboxylic acids is 1. The minimum Gasteiger partial charge on any atom is -0.478 e. The van der Waals surface area contributed by atoms with Gasteiger partial charge in [0.2, 0.25) is 0 Å². The van der Waals surface area contributed by atoms with Crippen molar-refractivity contribution < 1.29 is 14.7 Å². The monoisotopic (exact) mass is 277 g/mol. The minimum atomic E-state index is -1.19. The average Bonchev–Trinajstić information content (AvgIpc) is 2.86. The molecule has 0 aliphatic carbocycles. The van der Waals surface area contributed by atoms with Crippen LogP contribution in [0.25, 0.3) is 0 Å². The number of carbonyl (C=O) groups excluding carboxylic acids is 1. The van der Waals surface area contributed by atoms with Crippen molar-refractivity contribution in [1.29, 1.82) is 0 Å². The Morgan fingerprint density at radius 3 is 2.84 bits per heavy atom. The topological polar surface area (TPSA) is 92.2 Å². The first-order chi connectivity index (χ1) is 9.11. The van der Waals surface area contributed by atoms with Gasteiger partial charge in [-0.1, -0.05) is 6.92 Å². The van der Waals surface area contributed by atoms with Crippen LogP contribution in [0.15, 0.2) is 24.5 Å². The lowest BCUT2D eigenvalue weighted by atomic mass is 10.2. The lowest BCUT2D eigenvalue weighted by Gasteiger charge is -2.03. The van der Waals surface area contributed by atoms with Crippen LogP contribution in [-0.2, 0) is 6.42 Å². The van der Waals surface area contributed by atoms with Crippen LogP contribution >= 0.6 is 11.3 Å². The summed E-state index contributed by atoms with van der Waals surface area (Å²) >= 11 is 1.35. The van der Waals surface area contributed by atoms with Gasteiger partial charge < -0.3 is 5.11 Å². The molecule has 2 aromatic heterocycles. The number of thiazole rings is 1. The summed E-state index contributed by atoms with van der Waals surface area (Å²) in [6.45, 7) is 1.99. The molecule has 0 fully saturated rings. The van der Waals surface area contributed by atoms with E-state index in [-0.39, 0.29) is 11.3 Å². The molecule has 0 saturated carbocycles. The van der Waals surface area contributed by atoms with Gasteiger partial charge in [0.1, 0.15) is 5.69 Å². The van der Waals surface area contributed by atoms with Crippen LogP contribution in [0.1, 0.15) is 32.6 Å². The highest BCUT2D eigenvalue weighted by molar-refractivity contribution is 7.15. The quantitative estimate of drug-likeness (QED) is 0.892. The maximum absolute atomic E-state index is 12.0. The number of carboxylic acid groups (broad SMARTS) is 1. The predicted octanol–water partition coefficient (Wildman–Crippen LogP) is 2.05. The normalized spacial score (nSPS) is 10.2. The number of hydrogen-bond donors (Lipinski definition) is 2. The smallest absolute Gasteiger partial charge is 0.338 e. The van der Waals surface area contributed by atoms with Crippen molar-refractivity contribution in [2.24, 2.45) is 0 Å². The summed E-state index contributed by atoms with van der Waals surface area (Å²) in [5, 5.41) is 12.0. The van der Waals surface area contributed by atoms with E-state index >= 15 is 0 Å². The fourth-order valence-corrected chi connectivity index (χ4v) is 2.19. The molecule has 0 spiro atoms. The summed E-state index contributed by atoms with van der Waals surface area (Å²) in [6, 6.07) is 2.81. The minimum absolute atomic E-state index is 0.122. The van der Waals surface area contributed by atoms with Crippen molar-refractivity contribution in [2.75, 3.05) is 5.32 Å². The van der Waals surface area contributed by atoms with Gasteiger partial charge in [-0.25, -0.2) is 9.78 Å². The van der Waals surface area contributed by atoms with Crippen LogP contribution < -0.4 is 5.32 Å². The standard InChI is InChI=1S/C12H11N3O3S/c1-2-7-6-14-12(19-7)15-10(16)9-8(11(17)18)4-3-5-13-9/h3-6H,2H2,1H3,(H,17,18)(H,14,15,16). The molecule has 2 heterocycles. The molecule has 19 heavy (non-hydrogen) atoms. The van der Waals surface area contributed by atoms with E-state index in [4.69, 9.17) is 5.11 Å². The van der Waals surface area contributed by atoms with Crippen LogP contribution in [0.5, 0.6) is 0 Å². The van der Waals surface area contributed by atoms with Crippen molar-refractivity contribution in [1.82, 2.24) is 9.97 Å². The van der Waals surface area contributed by atoms with Crippen LogP contribution in [0, 0.1) is 0 Å². The molecule has 2 aromatic rings. The second-order valence-electron chi connectivity index (χ2n) is 3.64. The van der Waals surface area contributed by atoms with E-state index in [1.165, 1.54) is 29.7 Å². The number of nitrogens with one attached hydrogen (secondary N) is 1. The molecule has 0 aromatic carbocycles. The Morgan fingerprint density at radius 1 is 1.42 bits per heavy atom. The van der Waals surface area contributed by atoms with Gasteiger partial charge in [-0.15, -0.1) is 11.3 Å². The van der Waals surface area contributed by atoms with Crippen LogP contribution in [0.4, 0.5) is 5.13 Å². The van der Waals surface area contributed by atoms with E-state index in [9.17, 15) is 9.59 Å². The summed E-state index contributed by atoms with van der Waals surface area (Å²) < 4.78 is 0. The summed E-state index contributed by atoms with van der Waals surface area (Å²) in [5.41, 5.74) is -0.254. The van der Waals surface area contributed by atoms with E-state index in [0.29, 0.717) is 5.13 Å². The van der Waals surface area contributed by atoms with Crippen molar-refractivity contribution >= 4 is 28.3 Å². The van der Waals surface area contributed by atoms with E-state index in [0.717, 1.165) is 11.3 Å². The zero-order chi connectivity index (χ0) is 13.8. The van der Waals surface area contributed by atoms with Gasteiger partial charge in [0.15, 0.2) is 5.13 Å². The van der Waals surface area contributed by atoms with E-state index < -0.39 is 11.9 Å². The van der Waals surface area contributed by atoms with Crippen molar-refractivity contribution in [3.8, 4) is 0 Å². The number of anilines is 1. The molecular formula is C12H11N3O3S. The number of pyridine rings is 1. The molecule has 0 saturated heterocycles. The molecule has 0 atom stereocenters. The molecule has 1 amide bonds. The Hall–Kier alpha value is -2.28. The van der Waals surface area contributed by atoms with Gasteiger partial charge in [0.05, 0.1) is 5.56 Å². The van der Waals surface area contributed by atoms with Gasteiger partial charge in [0, 0.05) is 17.3 Å². The van der Waals surface area contributed by atoms with Gasteiger partial charge in [-0.3, -0.25) is 15.1 Å². The summed E-state index contributed by atoms with van der Waals surface area (Å²) in [7, 11) is 0. The Balaban J connectivity index is 2.22. The van der Waals surface area contributed by atoms with Crippen LogP contribution in [-0.4, -0.2) is 27.0 Å². The molecular weight excluding hydrogens is 266 g/mol. The van der Waals surface area contributed by atoms with Crippen LogP contribution in [0.2, 0.25) is 0 Å². The molecule has 98 valence electrons. The predicted molar refractivity (Wildman–Crippen MR) is 70.6 cm³/mol. The van der Waals surface area contributed by atoms with E-state index in [1.807, 2.05) is 6.92 Å². The number of amides is 1. The number of hydrogen-bond acceptors (Lipinski definition) is 5. The summed E-state index contributed by atoms with van der Waals surface area (Å²) in [6.07, 6.45) is 3.88. The Labute approximate surface area is 113 Å². The number of aryl methyl sites for hydroxylation is 1. The first-order valence-electron chi connectivity index (χ1n) is 5.56. The molecule has 0 bridgehead atoms. The molecule has 6 nitrogen and oxygen atoms in total. The maximum atomic E-state index is 12.0. The second kappa shape index (κ2) is 5.57. The third kappa shape index (κ3) is 2.94. The SMILES string of the molecule is CCc1cnc(NC(=O)c2ncccc2C(=O)O)s1. The Kier molecular flexibility index (Phi) is 3.86. The number of aromatic nitrogens is 2. The third-order valence-electron chi connectivity index (χ3n) is 2.38. The lowest BCUT2D eigenvalue weighted by molar-refractivity contribution is 0.0691. The number of carbonyl (C=O) groups is 2. The van der Waals surface area contributed by atoms with E-state index in [1.54, 1.807) is 6.20 Å². The maximum Gasteiger partial charge on any atom is 0.338 e. The zero-order valence-corrected chi connectivity index (χ0v) is 10.9. The van der Waals surface area contributed by atoms with Crippen LogP contribution in [0.3, 0.4) is 0 Å². The number of rotatable bonds is 4. The fourth-order valence-electron chi connectivity index (χ4n) is 1.44. The first-order valence-corrected chi connectivity index (χ1v) is 6.37. The van der Waals surface area contributed by atoms with Gasteiger partial charge in [-0.05, 0) is 18.6 Å². The molecule has 2 rings (SSSR count). The average molecular weight is 277 g/mol. The Morgan fingerprint density at radius 2 is 2.21 bits per heavy atom. The largest absolute Gasteiger partial charge is 0.478 e. The fraction of sp³-hybridized carbons (Fsp3) is 0.167. The zero-order valence-electron chi connectivity index (χ0n) is 10.1. The van der Waals surface area contributed by atoms with Crippen molar-refractivity contribution in [3.05, 3.63) is 40.7 Å². The van der Waals surface area contributed by atoms with Gasteiger partial charge >= 0.3 is 5.97 Å². The molecule has 0 aliphatic rings. The molecule has 2 N–H and O–H groups in total. The van der Waals surface area contributed by atoms with Gasteiger partial charge in [-0.2, -0.15) is 0 Å². The Bertz CT molecular complexity index is 624. The number of carboxylic acids is 1. The first kappa shape index (κ1) is 13.2. The molecule has 0 unspecified atom stereocenters. The highest BCUT2D eigenvalue weighted by atomic mass is 32.1. The lowest BCUT2D eigenvalue weighted by Crippen LogP contribution is -2.18. The molecule has 0 aliphatic heterocycles. The highest BCUT2D eigenvalue weighted by Crippen LogP contribution is 2.19. The second-order valence-corrected chi connectivity index (χ2v) is 4.76. The molecule has 0 radical (unpaired) electrons. The van der Waals surface area contributed by atoms with Gasteiger partial charge in [0.25, 0.3) is 5.91 Å². The van der Waals surface area contributed by atoms with Crippen molar-refractivity contribution in [2.45, 2.75) is 13.3 Å². The van der Waals surface area contributed by atoms with Crippen molar-refractivity contribution in [3.63, 3.8) is 0 Å². The summed E-state index contributed by atoms with van der Waals surface area (Å²) in [5.74, 6) is -1.76. The molecule has 7 heteroatoms.